The van der Waals surface area contributed by atoms with Crippen LogP contribution in [0.4, 0.5) is 5.95 Å². The molecule has 0 unspecified atom stereocenters. The van der Waals surface area contributed by atoms with Gasteiger partial charge in [-0.25, -0.2) is 4.98 Å². The van der Waals surface area contributed by atoms with Crippen molar-refractivity contribution in [3.63, 3.8) is 0 Å². The van der Waals surface area contributed by atoms with Gasteiger partial charge in [-0.15, -0.1) is 0 Å². The highest BCUT2D eigenvalue weighted by Crippen LogP contribution is 2.18. The van der Waals surface area contributed by atoms with Gasteiger partial charge in [-0.1, -0.05) is 13.0 Å². The molecule has 5 heteroatoms. The summed E-state index contributed by atoms with van der Waals surface area (Å²) in [6.45, 7) is 4.92. The van der Waals surface area contributed by atoms with Crippen molar-refractivity contribution in [1.82, 2.24) is 14.9 Å². The van der Waals surface area contributed by atoms with Crippen LogP contribution >= 0.6 is 0 Å². The second-order valence-corrected chi connectivity index (χ2v) is 4.40. The van der Waals surface area contributed by atoms with Gasteiger partial charge in [-0.05, 0) is 31.0 Å². The third-order valence-electron chi connectivity index (χ3n) is 2.81. The molecule has 1 aromatic heterocycles. The molecule has 0 saturated carbocycles. The Labute approximate surface area is 106 Å². The summed E-state index contributed by atoms with van der Waals surface area (Å²) < 4.78 is 1.74. The summed E-state index contributed by atoms with van der Waals surface area (Å²) in [6, 6.07) is 5.89. The Kier molecular flexibility index (Phi) is 3.50. The van der Waals surface area contributed by atoms with Crippen molar-refractivity contribution in [3.05, 3.63) is 23.8 Å². The first kappa shape index (κ1) is 12.4. The SMILES string of the molecule is CCCNC(=O)Cn1c(N)nc2ccc(C)cc21. The first-order valence-corrected chi connectivity index (χ1v) is 6.11. The van der Waals surface area contributed by atoms with E-state index >= 15 is 0 Å². The van der Waals surface area contributed by atoms with E-state index in [0.717, 1.165) is 23.0 Å². The van der Waals surface area contributed by atoms with E-state index in [4.69, 9.17) is 5.73 Å². The highest BCUT2D eigenvalue weighted by molar-refractivity contribution is 5.83. The van der Waals surface area contributed by atoms with Crippen LogP contribution in [0, 0.1) is 6.92 Å². The minimum atomic E-state index is -0.0376. The number of fused-ring (bicyclic) bond motifs is 1. The molecule has 0 saturated heterocycles. The third kappa shape index (κ3) is 2.45. The Balaban J connectivity index is 2.29. The summed E-state index contributed by atoms with van der Waals surface area (Å²) in [7, 11) is 0. The molecule has 0 aliphatic heterocycles. The number of nitrogens with zero attached hydrogens (tertiary/aromatic N) is 2. The lowest BCUT2D eigenvalue weighted by atomic mass is 10.2. The lowest BCUT2D eigenvalue weighted by Gasteiger charge is -2.07. The fourth-order valence-electron chi connectivity index (χ4n) is 1.88. The molecular weight excluding hydrogens is 228 g/mol. The highest BCUT2D eigenvalue weighted by atomic mass is 16.1. The molecule has 3 N–H and O–H groups in total. The number of nitrogens with one attached hydrogen (secondary N) is 1. The van der Waals surface area contributed by atoms with Gasteiger partial charge in [0.25, 0.3) is 0 Å². The minimum Gasteiger partial charge on any atom is -0.369 e. The fourth-order valence-corrected chi connectivity index (χ4v) is 1.88. The largest absolute Gasteiger partial charge is 0.369 e. The number of carbonyl (C=O) groups is 1. The summed E-state index contributed by atoms with van der Waals surface area (Å²) >= 11 is 0. The Hall–Kier alpha value is -2.04. The Morgan fingerprint density at radius 1 is 1.50 bits per heavy atom. The molecule has 0 aliphatic carbocycles. The van der Waals surface area contributed by atoms with E-state index < -0.39 is 0 Å². The second kappa shape index (κ2) is 5.08. The number of hydrogen-bond donors (Lipinski definition) is 2. The summed E-state index contributed by atoms with van der Waals surface area (Å²) in [5.74, 6) is 0.339. The van der Waals surface area contributed by atoms with E-state index in [0.29, 0.717) is 12.5 Å². The van der Waals surface area contributed by atoms with Gasteiger partial charge in [0.1, 0.15) is 6.54 Å². The molecule has 1 amide bonds. The first-order valence-electron chi connectivity index (χ1n) is 6.11. The van der Waals surface area contributed by atoms with Gasteiger partial charge in [0.15, 0.2) is 0 Å². The molecule has 0 fully saturated rings. The number of nitrogen functional groups attached to an aromatic ring is 1. The van der Waals surface area contributed by atoms with Gasteiger partial charge >= 0.3 is 0 Å². The van der Waals surface area contributed by atoms with Crippen LogP contribution in [-0.4, -0.2) is 22.0 Å². The van der Waals surface area contributed by atoms with E-state index in [-0.39, 0.29) is 12.5 Å². The van der Waals surface area contributed by atoms with Crippen molar-refractivity contribution in [2.75, 3.05) is 12.3 Å². The van der Waals surface area contributed by atoms with E-state index in [1.165, 1.54) is 0 Å². The zero-order valence-corrected chi connectivity index (χ0v) is 10.7. The van der Waals surface area contributed by atoms with Crippen molar-refractivity contribution in [2.45, 2.75) is 26.8 Å². The second-order valence-electron chi connectivity index (χ2n) is 4.40. The Bertz CT molecular complexity index is 574. The van der Waals surface area contributed by atoms with E-state index in [9.17, 15) is 4.79 Å². The number of aryl methyl sites for hydroxylation is 1. The quantitative estimate of drug-likeness (QED) is 0.857. The van der Waals surface area contributed by atoms with Crippen molar-refractivity contribution >= 4 is 22.9 Å². The van der Waals surface area contributed by atoms with Gasteiger partial charge in [-0.2, -0.15) is 0 Å². The average Bonchev–Trinajstić information content (AvgIpc) is 2.63. The van der Waals surface area contributed by atoms with Crippen molar-refractivity contribution in [2.24, 2.45) is 0 Å². The maximum absolute atomic E-state index is 11.7. The lowest BCUT2D eigenvalue weighted by molar-refractivity contribution is -0.121. The zero-order valence-electron chi connectivity index (χ0n) is 10.7. The van der Waals surface area contributed by atoms with Crippen molar-refractivity contribution in [1.29, 1.82) is 0 Å². The van der Waals surface area contributed by atoms with Crippen molar-refractivity contribution < 1.29 is 4.79 Å². The first-order chi connectivity index (χ1) is 8.61. The number of amides is 1. The molecule has 0 radical (unpaired) electrons. The molecule has 0 spiro atoms. The molecular formula is C13H18N4O. The number of aromatic nitrogens is 2. The van der Waals surface area contributed by atoms with Gasteiger partial charge in [-0.3, -0.25) is 4.79 Å². The molecule has 18 heavy (non-hydrogen) atoms. The summed E-state index contributed by atoms with van der Waals surface area (Å²) in [5, 5.41) is 2.83. The fraction of sp³-hybridized carbons (Fsp3) is 0.385. The van der Waals surface area contributed by atoms with Gasteiger partial charge in [0.2, 0.25) is 11.9 Å². The molecule has 5 nitrogen and oxygen atoms in total. The summed E-state index contributed by atoms with van der Waals surface area (Å²) in [5.41, 5.74) is 8.70. The molecule has 2 aromatic rings. The van der Waals surface area contributed by atoms with Gasteiger partial charge < -0.3 is 15.6 Å². The van der Waals surface area contributed by atoms with Crippen LogP contribution in [0.5, 0.6) is 0 Å². The van der Waals surface area contributed by atoms with Gasteiger partial charge in [0.05, 0.1) is 11.0 Å². The third-order valence-corrected chi connectivity index (χ3v) is 2.81. The topological polar surface area (TPSA) is 72.9 Å². The van der Waals surface area contributed by atoms with Crippen molar-refractivity contribution in [3.8, 4) is 0 Å². The maximum atomic E-state index is 11.7. The Morgan fingerprint density at radius 3 is 3.00 bits per heavy atom. The normalized spacial score (nSPS) is 10.8. The number of anilines is 1. The molecule has 0 bridgehead atoms. The van der Waals surface area contributed by atoms with Crippen LogP contribution in [-0.2, 0) is 11.3 Å². The molecule has 1 aromatic carbocycles. The molecule has 1 heterocycles. The minimum absolute atomic E-state index is 0.0376. The summed E-state index contributed by atoms with van der Waals surface area (Å²) in [4.78, 5) is 16.0. The van der Waals surface area contributed by atoms with Crippen LogP contribution in [0.25, 0.3) is 11.0 Å². The Morgan fingerprint density at radius 2 is 2.28 bits per heavy atom. The predicted molar refractivity (Wildman–Crippen MR) is 72.2 cm³/mol. The number of imidazole rings is 1. The average molecular weight is 246 g/mol. The predicted octanol–water partition coefficient (Wildman–Crippen LogP) is 1.45. The van der Waals surface area contributed by atoms with Crippen LogP contribution in [0.3, 0.4) is 0 Å². The van der Waals surface area contributed by atoms with E-state index in [2.05, 4.69) is 10.3 Å². The van der Waals surface area contributed by atoms with Crippen LogP contribution in [0.15, 0.2) is 18.2 Å². The smallest absolute Gasteiger partial charge is 0.240 e. The number of nitrogens with two attached hydrogens (primary N) is 1. The number of hydrogen-bond acceptors (Lipinski definition) is 3. The van der Waals surface area contributed by atoms with Crippen LogP contribution < -0.4 is 11.1 Å². The molecule has 2 rings (SSSR count). The molecule has 96 valence electrons. The maximum Gasteiger partial charge on any atom is 0.240 e. The lowest BCUT2D eigenvalue weighted by Crippen LogP contribution is -2.28. The van der Waals surface area contributed by atoms with E-state index in [1.54, 1.807) is 4.57 Å². The molecule has 0 atom stereocenters. The molecule has 0 aliphatic rings. The number of rotatable bonds is 4. The zero-order chi connectivity index (χ0) is 13.1. The number of carbonyl (C=O) groups excluding carboxylic acids is 1. The van der Waals surface area contributed by atoms with Gasteiger partial charge in [0, 0.05) is 6.54 Å². The summed E-state index contributed by atoms with van der Waals surface area (Å²) in [6.07, 6.45) is 0.922. The standard InChI is InChI=1S/C13H18N4O/c1-3-6-15-12(18)8-17-11-7-9(2)4-5-10(11)16-13(17)14/h4-5,7H,3,6,8H2,1-2H3,(H2,14,16)(H,15,18). The van der Waals surface area contributed by atoms with Crippen LogP contribution in [0.2, 0.25) is 0 Å². The van der Waals surface area contributed by atoms with Crippen LogP contribution in [0.1, 0.15) is 18.9 Å². The van der Waals surface area contributed by atoms with E-state index in [1.807, 2.05) is 32.0 Å². The number of benzene rings is 1. The monoisotopic (exact) mass is 246 g/mol. The highest BCUT2D eigenvalue weighted by Gasteiger charge is 2.11.